The lowest BCUT2D eigenvalue weighted by molar-refractivity contribution is 0.296. The second-order valence-electron chi connectivity index (χ2n) is 4.79. The molecule has 0 aromatic rings. The molecule has 100 valence electrons. The van der Waals surface area contributed by atoms with E-state index in [1.807, 2.05) is 0 Å². The minimum Gasteiger partial charge on any atom is -0.292 e. The van der Waals surface area contributed by atoms with Gasteiger partial charge < -0.3 is 0 Å². The molecule has 0 aliphatic rings. The number of rotatable bonds is 10. The van der Waals surface area contributed by atoms with Crippen molar-refractivity contribution in [2.45, 2.75) is 72.1 Å². The van der Waals surface area contributed by atoms with E-state index in [2.05, 4.69) is 37.5 Å². The van der Waals surface area contributed by atoms with Crippen molar-refractivity contribution in [3.05, 3.63) is 0 Å². The molecule has 0 aromatic carbocycles. The Bertz CT molecular complexity index is 191. The Morgan fingerprint density at radius 2 is 1.29 bits per heavy atom. The van der Waals surface area contributed by atoms with Gasteiger partial charge in [-0.05, 0) is 32.4 Å². The van der Waals surface area contributed by atoms with Crippen molar-refractivity contribution in [3.63, 3.8) is 0 Å². The Morgan fingerprint density at radius 1 is 0.706 bits per heavy atom. The van der Waals surface area contributed by atoms with E-state index >= 15 is 0 Å². The maximum atomic E-state index is 3.34. The molecule has 0 bridgehead atoms. The molecule has 0 aromatic heterocycles. The SMILES string of the molecule is CCCCCC#CCN(CCCC)CCCC. The highest BCUT2D eigenvalue weighted by molar-refractivity contribution is 5.01. The lowest BCUT2D eigenvalue weighted by Gasteiger charge is -2.18. The van der Waals surface area contributed by atoms with Crippen LogP contribution >= 0.6 is 0 Å². The van der Waals surface area contributed by atoms with Gasteiger partial charge in [-0.2, -0.15) is 0 Å². The first-order valence-corrected chi connectivity index (χ1v) is 7.53. The van der Waals surface area contributed by atoms with Crippen molar-refractivity contribution in [2.75, 3.05) is 19.6 Å². The largest absolute Gasteiger partial charge is 0.292 e. The van der Waals surface area contributed by atoms with Crippen LogP contribution in [-0.4, -0.2) is 24.5 Å². The van der Waals surface area contributed by atoms with Gasteiger partial charge in [0.2, 0.25) is 0 Å². The van der Waals surface area contributed by atoms with E-state index < -0.39 is 0 Å². The van der Waals surface area contributed by atoms with Gasteiger partial charge in [-0.1, -0.05) is 52.4 Å². The van der Waals surface area contributed by atoms with Gasteiger partial charge in [0, 0.05) is 6.42 Å². The van der Waals surface area contributed by atoms with Gasteiger partial charge in [0.15, 0.2) is 0 Å². The van der Waals surface area contributed by atoms with Crippen molar-refractivity contribution in [1.82, 2.24) is 4.90 Å². The van der Waals surface area contributed by atoms with Crippen LogP contribution in [0.4, 0.5) is 0 Å². The molecule has 0 aliphatic heterocycles. The molecule has 0 radical (unpaired) electrons. The second kappa shape index (κ2) is 13.6. The molecule has 1 heteroatoms. The molecular formula is C16H31N. The zero-order chi connectivity index (χ0) is 12.8. The first-order valence-electron chi connectivity index (χ1n) is 7.53. The summed E-state index contributed by atoms with van der Waals surface area (Å²) in [5.74, 6) is 6.65. The standard InChI is InChI=1S/C16H31N/c1-4-7-10-11-12-13-16-17(14-8-5-2)15-9-6-3/h4-11,14-16H2,1-3H3. The minimum absolute atomic E-state index is 0.978. The van der Waals surface area contributed by atoms with Crippen LogP contribution in [0.25, 0.3) is 0 Å². The summed E-state index contributed by atoms with van der Waals surface area (Å²) < 4.78 is 0. The fraction of sp³-hybridized carbons (Fsp3) is 0.875. The van der Waals surface area contributed by atoms with E-state index in [0.29, 0.717) is 0 Å². The van der Waals surface area contributed by atoms with E-state index in [9.17, 15) is 0 Å². The molecule has 0 spiro atoms. The maximum Gasteiger partial charge on any atom is 0.0601 e. The van der Waals surface area contributed by atoms with E-state index in [4.69, 9.17) is 0 Å². The predicted molar refractivity (Wildman–Crippen MR) is 78.2 cm³/mol. The van der Waals surface area contributed by atoms with Crippen molar-refractivity contribution >= 4 is 0 Å². The van der Waals surface area contributed by atoms with Crippen molar-refractivity contribution in [3.8, 4) is 11.8 Å². The van der Waals surface area contributed by atoms with Crippen molar-refractivity contribution in [2.24, 2.45) is 0 Å². The van der Waals surface area contributed by atoms with Gasteiger partial charge in [-0.25, -0.2) is 0 Å². The average molecular weight is 237 g/mol. The van der Waals surface area contributed by atoms with Crippen LogP contribution in [0.15, 0.2) is 0 Å². The summed E-state index contributed by atoms with van der Waals surface area (Å²) in [6, 6.07) is 0. The predicted octanol–water partition coefficient (Wildman–Crippen LogP) is 4.47. The number of unbranched alkanes of at least 4 members (excludes halogenated alkanes) is 5. The van der Waals surface area contributed by atoms with Crippen LogP contribution in [0, 0.1) is 11.8 Å². The maximum absolute atomic E-state index is 3.34. The normalized spacial score (nSPS) is 10.4. The van der Waals surface area contributed by atoms with Gasteiger partial charge in [0.1, 0.15) is 0 Å². The molecule has 0 N–H and O–H groups in total. The Labute approximate surface area is 109 Å². The Balaban J connectivity index is 3.71. The molecule has 0 saturated heterocycles. The molecule has 17 heavy (non-hydrogen) atoms. The number of hydrogen-bond acceptors (Lipinski definition) is 1. The molecule has 0 rings (SSSR count). The average Bonchev–Trinajstić information content (AvgIpc) is 2.35. The zero-order valence-electron chi connectivity index (χ0n) is 12.2. The van der Waals surface area contributed by atoms with Gasteiger partial charge >= 0.3 is 0 Å². The van der Waals surface area contributed by atoms with E-state index in [1.54, 1.807) is 0 Å². The molecule has 0 fully saturated rings. The third-order valence-corrected chi connectivity index (χ3v) is 2.99. The Morgan fingerprint density at radius 3 is 1.82 bits per heavy atom. The summed E-state index contributed by atoms with van der Waals surface area (Å²) in [5, 5.41) is 0. The van der Waals surface area contributed by atoms with Crippen molar-refractivity contribution < 1.29 is 0 Å². The monoisotopic (exact) mass is 237 g/mol. The van der Waals surface area contributed by atoms with Crippen LogP contribution in [0.1, 0.15) is 72.1 Å². The summed E-state index contributed by atoms with van der Waals surface area (Å²) >= 11 is 0. The third kappa shape index (κ3) is 11.8. The fourth-order valence-electron chi connectivity index (χ4n) is 1.75. The van der Waals surface area contributed by atoms with E-state index in [0.717, 1.165) is 13.0 Å². The summed E-state index contributed by atoms with van der Waals surface area (Å²) in [7, 11) is 0. The van der Waals surface area contributed by atoms with Crippen molar-refractivity contribution in [1.29, 1.82) is 0 Å². The van der Waals surface area contributed by atoms with Crippen LogP contribution < -0.4 is 0 Å². The Kier molecular flexibility index (Phi) is 13.2. The molecule has 0 atom stereocenters. The highest BCUT2D eigenvalue weighted by Crippen LogP contribution is 1.99. The molecular weight excluding hydrogens is 206 g/mol. The summed E-state index contributed by atoms with van der Waals surface area (Å²) in [6.45, 7) is 10.2. The zero-order valence-corrected chi connectivity index (χ0v) is 12.2. The van der Waals surface area contributed by atoms with Gasteiger partial charge in [-0.3, -0.25) is 4.90 Å². The quantitative estimate of drug-likeness (QED) is 0.400. The van der Waals surface area contributed by atoms with E-state index in [-0.39, 0.29) is 0 Å². The minimum atomic E-state index is 0.978. The fourth-order valence-corrected chi connectivity index (χ4v) is 1.75. The highest BCUT2D eigenvalue weighted by atomic mass is 15.1. The Hall–Kier alpha value is -0.480. The van der Waals surface area contributed by atoms with Gasteiger partial charge in [0.05, 0.1) is 6.54 Å². The summed E-state index contributed by atoms with van der Waals surface area (Å²) in [4.78, 5) is 2.51. The lowest BCUT2D eigenvalue weighted by atomic mass is 10.2. The van der Waals surface area contributed by atoms with Crippen LogP contribution in [0.5, 0.6) is 0 Å². The first kappa shape index (κ1) is 16.5. The molecule has 0 saturated carbocycles. The van der Waals surface area contributed by atoms with Crippen LogP contribution in [0.3, 0.4) is 0 Å². The first-order chi connectivity index (χ1) is 8.35. The van der Waals surface area contributed by atoms with Crippen LogP contribution in [-0.2, 0) is 0 Å². The highest BCUT2D eigenvalue weighted by Gasteiger charge is 2.00. The van der Waals surface area contributed by atoms with Crippen LogP contribution in [0.2, 0.25) is 0 Å². The molecule has 0 aliphatic carbocycles. The molecule has 0 heterocycles. The molecule has 0 unspecified atom stereocenters. The van der Waals surface area contributed by atoms with Gasteiger partial charge in [-0.15, -0.1) is 5.92 Å². The lowest BCUT2D eigenvalue weighted by Crippen LogP contribution is -2.26. The summed E-state index contributed by atoms with van der Waals surface area (Å²) in [5.41, 5.74) is 0. The summed E-state index contributed by atoms with van der Waals surface area (Å²) in [6.07, 6.45) is 10.2. The smallest absolute Gasteiger partial charge is 0.0601 e. The van der Waals surface area contributed by atoms with Gasteiger partial charge in [0.25, 0.3) is 0 Å². The number of nitrogens with zero attached hydrogens (tertiary/aromatic N) is 1. The second-order valence-corrected chi connectivity index (χ2v) is 4.79. The third-order valence-electron chi connectivity index (χ3n) is 2.99. The topological polar surface area (TPSA) is 3.24 Å². The number of hydrogen-bond donors (Lipinski definition) is 0. The molecule has 0 amide bonds. The molecule has 1 nitrogen and oxygen atoms in total. The van der Waals surface area contributed by atoms with E-state index in [1.165, 1.54) is 58.0 Å².